The number of aliphatic carboxylic acids is 1. The Morgan fingerprint density at radius 3 is 2.56 bits per heavy atom. The number of carboxylic acid groups (broad SMARTS) is 1. The summed E-state index contributed by atoms with van der Waals surface area (Å²) in [6.45, 7) is 4.39. The maximum Gasteiger partial charge on any atom is 0.305 e. The van der Waals surface area contributed by atoms with Crippen molar-refractivity contribution in [2.75, 3.05) is 0 Å². The fourth-order valence-electron chi connectivity index (χ4n) is 1.81. The van der Waals surface area contributed by atoms with Gasteiger partial charge in [-0.05, 0) is 13.8 Å². The molecular formula is C14H16N2O2. The van der Waals surface area contributed by atoms with E-state index in [1.54, 1.807) is 0 Å². The smallest absolute Gasteiger partial charge is 0.305 e. The minimum absolute atomic E-state index is 0.116. The van der Waals surface area contributed by atoms with Crippen LogP contribution < -0.4 is 0 Å². The molecule has 0 radical (unpaired) electrons. The summed E-state index contributed by atoms with van der Waals surface area (Å²) in [5.41, 5.74) is 3.15. The second kappa shape index (κ2) is 5.04. The van der Waals surface area contributed by atoms with Crippen molar-refractivity contribution in [3.8, 4) is 11.3 Å². The van der Waals surface area contributed by atoms with Gasteiger partial charge in [0.25, 0.3) is 0 Å². The fraction of sp³-hybridized carbons (Fsp3) is 0.286. The highest BCUT2D eigenvalue weighted by atomic mass is 16.4. The number of imidazole rings is 1. The van der Waals surface area contributed by atoms with Crippen molar-refractivity contribution in [1.29, 1.82) is 0 Å². The molecule has 0 fully saturated rings. The van der Waals surface area contributed by atoms with Gasteiger partial charge in [-0.3, -0.25) is 4.79 Å². The number of carboxylic acids is 1. The Hall–Kier alpha value is -2.10. The third kappa shape index (κ3) is 2.77. The maximum absolute atomic E-state index is 10.6. The Bertz CT molecular complexity index is 556. The summed E-state index contributed by atoms with van der Waals surface area (Å²) in [5.74, 6) is 0.0480. The monoisotopic (exact) mass is 244 g/mol. The number of aryl methyl sites for hydroxylation is 3. The van der Waals surface area contributed by atoms with Crippen LogP contribution in [0, 0.1) is 13.8 Å². The molecule has 0 aliphatic heterocycles. The molecule has 0 aliphatic carbocycles. The molecule has 4 nitrogen and oxygen atoms in total. The maximum atomic E-state index is 10.6. The van der Waals surface area contributed by atoms with E-state index in [0.717, 1.165) is 17.1 Å². The van der Waals surface area contributed by atoms with Gasteiger partial charge in [-0.1, -0.05) is 29.8 Å². The molecule has 4 heteroatoms. The van der Waals surface area contributed by atoms with Gasteiger partial charge in [0.1, 0.15) is 5.82 Å². The summed E-state index contributed by atoms with van der Waals surface area (Å²) in [5, 5.41) is 8.69. The first-order chi connectivity index (χ1) is 8.56. The first-order valence-electron chi connectivity index (χ1n) is 5.89. The van der Waals surface area contributed by atoms with Crippen molar-refractivity contribution in [2.45, 2.75) is 26.8 Å². The van der Waals surface area contributed by atoms with Gasteiger partial charge < -0.3 is 9.67 Å². The van der Waals surface area contributed by atoms with Crippen molar-refractivity contribution in [1.82, 2.24) is 9.55 Å². The van der Waals surface area contributed by atoms with Gasteiger partial charge in [0.05, 0.1) is 12.1 Å². The van der Waals surface area contributed by atoms with Crippen LogP contribution in [0.1, 0.15) is 17.8 Å². The molecule has 1 aromatic heterocycles. The van der Waals surface area contributed by atoms with E-state index in [9.17, 15) is 4.79 Å². The number of aromatic nitrogens is 2. The Morgan fingerprint density at radius 2 is 1.94 bits per heavy atom. The molecule has 0 saturated carbocycles. The molecule has 0 amide bonds. The molecule has 2 rings (SSSR count). The van der Waals surface area contributed by atoms with Crippen LogP contribution in [0.4, 0.5) is 0 Å². The molecule has 1 aromatic carbocycles. The van der Waals surface area contributed by atoms with Gasteiger partial charge in [0.15, 0.2) is 0 Å². The molecule has 0 aliphatic rings. The fourth-order valence-corrected chi connectivity index (χ4v) is 1.81. The van der Waals surface area contributed by atoms with Crippen molar-refractivity contribution >= 4 is 5.97 Å². The summed E-state index contributed by atoms with van der Waals surface area (Å²) in [7, 11) is 0. The van der Waals surface area contributed by atoms with Crippen LogP contribution in [0.3, 0.4) is 0 Å². The van der Waals surface area contributed by atoms with Gasteiger partial charge in [0, 0.05) is 18.3 Å². The molecule has 1 heterocycles. The Balaban J connectivity index is 2.22. The Morgan fingerprint density at radius 1 is 1.28 bits per heavy atom. The van der Waals surface area contributed by atoms with Crippen molar-refractivity contribution in [2.24, 2.45) is 0 Å². The van der Waals surface area contributed by atoms with Crippen LogP contribution in [0.5, 0.6) is 0 Å². The van der Waals surface area contributed by atoms with Crippen LogP contribution >= 0.6 is 0 Å². The predicted octanol–water partition coefficient (Wildman–Crippen LogP) is 2.64. The molecule has 0 spiro atoms. The van der Waals surface area contributed by atoms with Crippen LogP contribution in [0.25, 0.3) is 11.3 Å². The molecule has 0 saturated heterocycles. The van der Waals surface area contributed by atoms with E-state index in [2.05, 4.69) is 4.98 Å². The van der Waals surface area contributed by atoms with Crippen LogP contribution in [0.15, 0.2) is 30.5 Å². The highest BCUT2D eigenvalue weighted by molar-refractivity contribution is 5.66. The van der Waals surface area contributed by atoms with E-state index in [-0.39, 0.29) is 6.42 Å². The van der Waals surface area contributed by atoms with Crippen molar-refractivity contribution in [3.63, 3.8) is 0 Å². The van der Waals surface area contributed by atoms with Gasteiger partial charge in [-0.15, -0.1) is 0 Å². The highest BCUT2D eigenvalue weighted by Gasteiger charge is 2.07. The molecule has 0 bridgehead atoms. The van der Waals surface area contributed by atoms with E-state index in [1.165, 1.54) is 5.56 Å². The number of nitrogens with zero attached hydrogens (tertiary/aromatic N) is 2. The van der Waals surface area contributed by atoms with Gasteiger partial charge >= 0.3 is 5.97 Å². The molecule has 94 valence electrons. The first kappa shape index (κ1) is 12.4. The Kier molecular flexibility index (Phi) is 3.46. The van der Waals surface area contributed by atoms with E-state index in [1.807, 2.05) is 48.9 Å². The van der Waals surface area contributed by atoms with Crippen LogP contribution in [0.2, 0.25) is 0 Å². The Labute approximate surface area is 106 Å². The molecule has 2 aromatic rings. The van der Waals surface area contributed by atoms with Crippen molar-refractivity contribution in [3.05, 3.63) is 41.9 Å². The third-order valence-electron chi connectivity index (χ3n) is 2.89. The number of benzene rings is 1. The predicted molar refractivity (Wildman–Crippen MR) is 69.4 cm³/mol. The molecule has 0 unspecified atom stereocenters. The van der Waals surface area contributed by atoms with E-state index < -0.39 is 5.97 Å². The lowest BCUT2D eigenvalue weighted by atomic mass is 10.1. The average molecular weight is 244 g/mol. The summed E-state index contributed by atoms with van der Waals surface area (Å²) in [4.78, 5) is 15.0. The molecule has 1 N–H and O–H groups in total. The quantitative estimate of drug-likeness (QED) is 0.899. The van der Waals surface area contributed by atoms with Gasteiger partial charge in [0.2, 0.25) is 0 Å². The van der Waals surface area contributed by atoms with Crippen LogP contribution in [-0.4, -0.2) is 20.6 Å². The van der Waals surface area contributed by atoms with E-state index in [0.29, 0.717) is 6.54 Å². The normalized spacial score (nSPS) is 10.6. The SMILES string of the molecule is Cc1ccc(-c2cn(CCC(=O)O)c(C)n2)cc1. The molecular weight excluding hydrogens is 228 g/mol. The lowest BCUT2D eigenvalue weighted by Gasteiger charge is -2.00. The second-order valence-electron chi connectivity index (χ2n) is 4.38. The van der Waals surface area contributed by atoms with E-state index >= 15 is 0 Å². The average Bonchev–Trinajstić information content (AvgIpc) is 2.69. The summed E-state index contributed by atoms with van der Waals surface area (Å²) in [6, 6.07) is 8.14. The lowest BCUT2D eigenvalue weighted by Crippen LogP contribution is -2.04. The van der Waals surface area contributed by atoms with Crippen molar-refractivity contribution < 1.29 is 9.90 Å². The number of hydrogen-bond donors (Lipinski definition) is 1. The standard InChI is InChI=1S/C14H16N2O2/c1-10-3-5-12(6-4-10)13-9-16(11(2)15-13)8-7-14(17)18/h3-6,9H,7-8H2,1-2H3,(H,17,18). The zero-order chi connectivity index (χ0) is 13.1. The minimum Gasteiger partial charge on any atom is -0.481 e. The topological polar surface area (TPSA) is 55.1 Å². The molecule has 18 heavy (non-hydrogen) atoms. The zero-order valence-electron chi connectivity index (χ0n) is 10.6. The number of hydrogen-bond acceptors (Lipinski definition) is 2. The summed E-state index contributed by atoms with van der Waals surface area (Å²) in [6.07, 6.45) is 2.02. The van der Waals surface area contributed by atoms with Gasteiger partial charge in [-0.25, -0.2) is 4.98 Å². The van der Waals surface area contributed by atoms with E-state index in [4.69, 9.17) is 5.11 Å². The third-order valence-corrected chi connectivity index (χ3v) is 2.89. The largest absolute Gasteiger partial charge is 0.481 e. The number of carbonyl (C=O) groups is 1. The highest BCUT2D eigenvalue weighted by Crippen LogP contribution is 2.19. The first-order valence-corrected chi connectivity index (χ1v) is 5.89. The minimum atomic E-state index is -0.792. The number of rotatable bonds is 4. The second-order valence-corrected chi connectivity index (χ2v) is 4.38. The zero-order valence-corrected chi connectivity index (χ0v) is 10.6. The summed E-state index contributed by atoms with van der Waals surface area (Å²) >= 11 is 0. The summed E-state index contributed by atoms with van der Waals surface area (Å²) < 4.78 is 1.88. The molecule has 0 atom stereocenters. The lowest BCUT2D eigenvalue weighted by molar-refractivity contribution is -0.137. The van der Waals surface area contributed by atoms with Crippen LogP contribution in [-0.2, 0) is 11.3 Å². The van der Waals surface area contributed by atoms with Gasteiger partial charge in [-0.2, -0.15) is 0 Å².